The molecule has 5 aromatic rings. The van der Waals surface area contributed by atoms with Gasteiger partial charge >= 0.3 is 0 Å². The van der Waals surface area contributed by atoms with Gasteiger partial charge in [0.05, 0.1) is 18.7 Å². The lowest BCUT2D eigenvalue weighted by Gasteiger charge is -2.02. The second-order valence-corrected chi connectivity index (χ2v) is 8.84. The van der Waals surface area contributed by atoms with Crippen molar-refractivity contribution in [1.82, 2.24) is 25.1 Å². The number of anilines is 1. The van der Waals surface area contributed by atoms with Crippen LogP contribution in [0.3, 0.4) is 0 Å². The van der Waals surface area contributed by atoms with Crippen molar-refractivity contribution in [3.05, 3.63) is 95.5 Å². The van der Waals surface area contributed by atoms with Crippen LogP contribution in [-0.2, 0) is 17.9 Å². The zero-order chi connectivity index (χ0) is 24.9. The number of benzene rings is 1. The van der Waals surface area contributed by atoms with E-state index in [0.29, 0.717) is 46.7 Å². The molecule has 0 aliphatic carbocycles. The number of rotatable bonds is 8. The van der Waals surface area contributed by atoms with Gasteiger partial charge in [0.15, 0.2) is 10.9 Å². The highest BCUT2D eigenvalue weighted by atomic mass is 32.1. The summed E-state index contributed by atoms with van der Waals surface area (Å²) >= 11 is 1.29. The van der Waals surface area contributed by atoms with Crippen LogP contribution in [0, 0.1) is 0 Å². The van der Waals surface area contributed by atoms with Crippen molar-refractivity contribution in [3.63, 3.8) is 0 Å². The van der Waals surface area contributed by atoms with Gasteiger partial charge in [-0.2, -0.15) is 5.10 Å². The normalized spacial score (nSPS) is 10.8. The Morgan fingerprint density at radius 3 is 2.72 bits per heavy atom. The minimum Gasteiger partial charge on any atom is -0.458 e. The van der Waals surface area contributed by atoms with Gasteiger partial charge < -0.3 is 9.73 Å². The smallest absolute Gasteiger partial charge is 0.261 e. The van der Waals surface area contributed by atoms with E-state index >= 15 is 0 Å². The van der Waals surface area contributed by atoms with Crippen LogP contribution in [0.15, 0.2) is 83.0 Å². The molecular formula is C26H22N6O3S. The van der Waals surface area contributed by atoms with E-state index in [9.17, 15) is 9.59 Å². The van der Waals surface area contributed by atoms with Crippen molar-refractivity contribution in [2.75, 3.05) is 5.32 Å². The van der Waals surface area contributed by atoms with Crippen LogP contribution in [0.1, 0.15) is 28.6 Å². The zero-order valence-electron chi connectivity index (χ0n) is 19.3. The van der Waals surface area contributed by atoms with Crippen LogP contribution in [0.25, 0.3) is 22.7 Å². The fraction of sp³-hybridized carbons (Fsp3) is 0.115. The summed E-state index contributed by atoms with van der Waals surface area (Å²) in [7, 11) is 0. The second-order valence-electron chi connectivity index (χ2n) is 7.98. The molecular weight excluding hydrogens is 476 g/mol. The van der Waals surface area contributed by atoms with E-state index in [4.69, 9.17) is 4.42 Å². The highest BCUT2D eigenvalue weighted by Crippen LogP contribution is 2.28. The molecule has 0 spiro atoms. The zero-order valence-corrected chi connectivity index (χ0v) is 20.2. The molecule has 4 heterocycles. The van der Waals surface area contributed by atoms with Gasteiger partial charge in [0.1, 0.15) is 17.1 Å². The number of pyridine rings is 1. The van der Waals surface area contributed by atoms with Crippen molar-refractivity contribution >= 4 is 28.3 Å². The van der Waals surface area contributed by atoms with Crippen molar-refractivity contribution in [2.45, 2.75) is 20.0 Å². The molecule has 4 aromatic heterocycles. The number of nitrogens with zero attached hydrogens (tertiary/aromatic N) is 4. The monoisotopic (exact) mass is 498 g/mol. The Morgan fingerprint density at radius 1 is 1.08 bits per heavy atom. The molecule has 0 aliphatic rings. The summed E-state index contributed by atoms with van der Waals surface area (Å²) < 4.78 is 7.51. The third kappa shape index (κ3) is 5.39. The van der Waals surface area contributed by atoms with Gasteiger partial charge in [-0.3, -0.25) is 24.6 Å². The lowest BCUT2D eigenvalue weighted by atomic mass is 10.1. The first-order chi connectivity index (χ1) is 17.5. The minimum absolute atomic E-state index is 0.135. The quantitative estimate of drug-likeness (QED) is 0.323. The third-order valence-corrected chi connectivity index (χ3v) is 6.04. The number of thiazole rings is 1. The lowest BCUT2D eigenvalue weighted by Crippen LogP contribution is -2.18. The van der Waals surface area contributed by atoms with E-state index in [1.54, 1.807) is 40.8 Å². The van der Waals surface area contributed by atoms with Gasteiger partial charge in [-0.25, -0.2) is 4.98 Å². The van der Waals surface area contributed by atoms with Gasteiger partial charge in [0.2, 0.25) is 5.91 Å². The average Bonchev–Trinajstić information content (AvgIpc) is 3.64. The maximum absolute atomic E-state index is 13.3. The molecule has 10 heteroatoms. The SMILES string of the molecule is CC(=O)NCc1ccc(-c2csc(NC(=O)c3cn(Cc4ccccc4)nc3-c3cccnc3)n2)o1. The maximum atomic E-state index is 13.3. The maximum Gasteiger partial charge on any atom is 0.261 e. The van der Waals surface area contributed by atoms with Crippen LogP contribution in [0.4, 0.5) is 5.13 Å². The number of nitrogens with one attached hydrogen (secondary N) is 2. The molecule has 36 heavy (non-hydrogen) atoms. The number of hydrogen-bond donors (Lipinski definition) is 2. The summed E-state index contributed by atoms with van der Waals surface area (Å²) in [6, 6.07) is 17.2. The highest BCUT2D eigenvalue weighted by Gasteiger charge is 2.20. The van der Waals surface area contributed by atoms with Crippen LogP contribution in [-0.4, -0.2) is 31.6 Å². The molecule has 2 N–H and O–H groups in total. The number of carbonyl (C=O) groups is 2. The Morgan fingerprint density at radius 2 is 1.94 bits per heavy atom. The Balaban J connectivity index is 1.36. The molecule has 0 aliphatic heterocycles. The lowest BCUT2D eigenvalue weighted by molar-refractivity contribution is -0.119. The number of furan rings is 1. The second kappa shape index (κ2) is 10.4. The van der Waals surface area contributed by atoms with E-state index in [0.717, 1.165) is 11.1 Å². The Bertz CT molecular complexity index is 1490. The summed E-state index contributed by atoms with van der Waals surface area (Å²) in [6.07, 6.45) is 5.10. The molecule has 0 saturated heterocycles. The molecule has 9 nitrogen and oxygen atoms in total. The first-order valence-electron chi connectivity index (χ1n) is 11.2. The average molecular weight is 499 g/mol. The number of amides is 2. The number of carbonyl (C=O) groups excluding carboxylic acids is 2. The topological polar surface area (TPSA) is 115 Å². The molecule has 0 radical (unpaired) electrons. The molecule has 0 unspecified atom stereocenters. The standard InChI is InChI=1S/C26H22N6O3S/c1-17(33)28-13-20-9-10-23(35-20)22-16-36-26(29-22)30-25(34)21-15-32(14-18-6-3-2-4-7-18)31-24(21)19-8-5-11-27-12-19/h2-12,15-16H,13-14H2,1H3,(H,28,33)(H,29,30,34). The predicted octanol–water partition coefficient (Wildman–Crippen LogP) is 4.60. The van der Waals surface area contributed by atoms with Gasteiger partial charge in [-0.05, 0) is 29.8 Å². The molecule has 5 rings (SSSR count). The predicted molar refractivity (Wildman–Crippen MR) is 136 cm³/mol. The van der Waals surface area contributed by atoms with Crippen LogP contribution < -0.4 is 10.6 Å². The van der Waals surface area contributed by atoms with Crippen molar-refractivity contribution in [1.29, 1.82) is 0 Å². The summed E-state index contributed by atoms with van der Waals surface area (Å²) in [6.45, 7) is 2.28. The molecule has 0 bridgehead atoms. The van der Waals surface area contributed by atoms with Crippen molar-refractivity contribution < 1.29 is 14.0 Å². The first kappa shape index (κ1) is 23.2. The fourth-order valence-corrected chi connectivity index (χ4v) is 4.28. The molecule has 1 aromatic carbocycles. The van der Waals surface area contributed by atoms with E-state index in [1.807, 2.05) is 42.5 Å². The fourth-order valence-electron chi connectivity index (χ4n) is 3.59. The third-order valence-electron chi connectivity index (χ3n) is 5.28. The van der Waals surface area contributed by atoms with E-state index in [-0.39, 0.29) is 11.8 Å². The largest absolute Gasteiger partial charge is 0.458 e. The Kier molecular flexibility index (Phi) is 6.67. The minimum atomic E-state index is -0.320. The molecule has 0 fully saturated rings. The highest BCUT2D eigenvalue weighted by molar-refractivity contribution is 7.14. The van der Waals surface area contributed by atoms with Gasteiger partial charge in [0.25, 0.3) is 5.91 Å². The van der Waals surface area contributed by atoms with E-state index in [1.165, 1.54) is 18.3 Å². The molecule has 180 valence electrons. The summed E-state index contributed by atoms with van der Waals surface area (Å²) in [5.41, 5.74) is 3.38. The summed E-state index contributed by atoms with van der Waals surface area (Å²) in [5, 5.41) is 12.5. The van der Waals surface area contributed by atoms with E-state index < -0.39 is 0 Å². The van der Waals surface area contributed by atoms with Gasteiger partial charge in [-0.15, -0.1) is 11.3 Å². The summed E-state index contributed by atoms with van der Waals surface area (Å²) in [4.78, 5) is 33.1. The number of hydrogen-bond acceptors (Lipinski definition) is 7. The molecule has 0 saturated carbocycles. The molecule has 2 amide bonds. The van der Waals surface area contributed by atoms with E-state index in [2.05, 4.69) is 25.7 Å². The van der Waals surface area contributed by atoms with Crippen molar-refractivity contribution in [2.24, 2.45) is 0 Å². The first-order valence-corrected chi connectivity index (χ1v) is 12.1. The number of aromatic nitrogens is 4. The van der Waals surface area contributed by atoms with Gasteiger partial charge in [0, 0.05) is 36.5 Å². The van der Waals surface area contributed by atoms with Crippen LogP contribution in [0.2, 0.25) is 0 Å². The van der Waals surface area contributed by atoms with Crippen molar-refractivity contribution in [3.8, 4) is 22.7 Å². The van der Waals surface area contributed by atoms with Gasteiger partial charge in [-0.1, -0.05) is 30.3 Å². The Hall–Kier alpha value is -4.57. The summed E-state index contributed by atoms with van der Waals surface area (Å²) in [5.74, 6) is 0.716. The Labute approximate surface area is 210 Å². The van der Waals surface area contributed by atoms with Crippen LogP contribution in [0.5, 0.6) is 0 Å². The van der Waals surface area contributed by atoms with Crippen LogP contribution >= 0.6 is 11.3 Å². The molecule has 0 atom stereocenters.